The third-order valence-corrected chi connectivity index (χ3v) is 20.6. The number of hydrogen-bond donors (Lipinski definition) is 0. The highest BCUT2D eigenvalue weighted by molar-refractivity contribution is 6.11. The molecule has 0 fully saturated rings. The summed E-state index contributed by atoms with van der Waals surface area (Å²) < 4.78 is 0. The largest absolute Gasteiger partial charge is 0.245 e. The molecule has 0 saturated heterocycles. The number of fused-ring (bicyclic) bond motifs is 6. The number of benzene rings is 14. The molecule has 6 heterocycles. The highest BCUT2D eigenvalue weighted by atomic mass is 14.9. The molecular weight excluding hydrogens is 1360 g/mol. The van der Waals surface area contributed by atoms with Gasteiger partial charge in [0.25, 0.3) is 0 Å². The second-order valence-electron chi connectivity index (χ2n) is 27.7. The van der Waals surface area contributed by atoms with Crippen LogP contribution in [0.3, 0.4) is 0 Å². The lowest BCUT2D eigenvalue weighted by molar-refractivity contribution is 1.18. The normalized spacial score (nSPS) is 11.2. The van der Waals surface area contributed by atoms with E-state index in [0.717, 1.165) is 189 Å². The standard InChI is InChI=1S/2C52H34N4/c1-5-14-36(15-6-1)46-31-29-40-28-30-44-45(33-47(37-16-7-2-8-17-37)54-51(44)50(40)53-46)43-23-13-22-42(32-43)35-24-26-39(27-25-35)49-34-48(38-18-9-3-10-19-38)55-52(56-49)41-20-11-4-12-21-41;1-5-14-36(15-6-1)46-31-29-40-28-30-44-45(33-47(37-16-7-2-8-17-37)54-51(44)50(40)53-46)43-23-13-22-42(32-43)35-24-26-41(27-25-35)52-55-48(38-18-9-3-10-19-38)34-49(56-52)39-20-11-4-12-21-39/h2*1-34H. The summed E-state index contributed by atoms with van der Waals surface area (Å²) in [6.07, 6.45) is 0. The molecule has 0 aliphatic heterocycles. The Morgan fingerprint density at radius 1 is 0.125 bits per heavy atom. The molecule has 524 valence electrons. The van der Waals surface area contributed by atoms with Gasteiger partial charge in [-0.15, -0.1) is 0 Å². The molecule has 0 spiro atoms. The Balaban J connectivity index is 0.000000151. The van der Waals surface area contributed by atoms with Crippen molar-refractivity contribution in [3.8, 4) is 157 Å². The van der Waals surface area contributed by atoms with E-state index in [4.69, 9.17) is 39.9 Å². The van der Waals surface area contributed by atoms with E-state index >= 15 is 0 Å². The molecule has 112 heavy (non-hydrogen) atoms. The minimum absolute atomic E-state index is 0.693. The monoisotopic (exact) mass is 1430 g/mol. The lowest BCUT2D eigenvalue weighted by Gasteiger charge is -2.14. The average molecular weight is 1430 g/mol. The minimum atomic E-state index is 0.693. The topological polar surface area (TPSA) is 103 Å². The second kappa shape index (κ2) is 30.3. The molecule has 0 N–H and O–H groups in total. The molecular formula is C104H68N8. The molecule has 0 aliphatic carbocycles. The van der Waals surface area contributed by atoms with Crippen LogP contribution in [0.4, 0.5) is 0 Å². The van der Waals surface area contributed by atoms with Crippen LogP contribution in [-0.4, -0.2) is 39.9 Å². The molecule has 14 aromatic carbocycles. The van der Waals surface area contributed by atoms with Gasteiger partial charge in [-0.25, -0.2) is 39.9 Å². The Kier molecular flexibility index (Phi) is 18.2. The Labute approximate surface area is 649 Å². The lowest BCUT2D eigenvalue weighted by Crippen LogP contribution is -1.96. The number of nitrogens with zero attached hydrogens (tertiary/aromatic N) is 8. The summed E-state index contributed by atoms with van der Waals surface area (Å²) in [5, 5.41) is 4.25. The Morgan fingerprint density at radius 2 is 0.357 bits per heavy atom. The molecule has 8 heteroatoms. The van der Waals surface area contributed by atoms with E-state index in [9.17, 15) is 0 Å². The first-order chi connectivity index (χ1) is 55.5. The number of rotatable bonds is 14. The Bertz CT molecular complexity index is 6270. The molecule has 6 aromatic heterocycles. The van der Waals surface area contributed by atoms with Crippen LogP contribution in [0.5, 0.6) is 0 Å². The summed E-state index contributed by atoms with van der Waals surface area (Å²) >= 11 is 0. The maximum absolute atomic E-state index is 5.29. The number of hydrogen-bond acceptors (Lipinski definition) is 8. The first-order valence-corrected chi connectivity index (χ1v) is 37.6. The zero-order chi connectivity index (χ0) is 74.5. The highest BCUT2D eigenvalue weighted by Gasteiger charge is 2.20. The molecule has 20 aromatic rings. The van der Waals surface area contributed by atoms with Crippen LogP contribution < -0.4 is 0 Å². The van der Waals surface area contributed by atoms with E-state index in [-0.39, 0.29) is 0 Å². The summed E-state index contributed by atoms with van der Waals surface area (Å²) in [6, 6.07) is 143. The predicted octanol–water partition coefficient (Wildman–Crippen LogP) is 26.5. The van der Waals surface area contributed by atoms with Crippen LogP contribution in [0.2, 0.25) is 0 Å². The van der Waals surface area contributed by atoms with Crippen molar-refractivity contribution in [1.82, 2.24) is 39.9 Å². The smallest absolute Gasteiger partial charge is 0.160 e. The summed E-state index contributed by atoms with van der Waals surface area (Å²) in [7, 11) is 0. The van der Waals surface area contributed by atoms with E-state index in [1.165, 1.54) is 0 Å². The van der Waals surface area contributed by atoms with Crippen LogP contribution in [0.1, 0.15) is 0 Å². The van der Waals surface area contributed by atoms with Crippen molar-refractivity contribution in [1.29, 1.82) is 0 Å². The van der Waals surface area contributed by atoms with Gasteiger partial charge in [0.1, 0.15) is 0 Å². The van der Waals surface area contributed by atoms with Gasteiger partial charge in [0.15, 0.2) is 11.6 Å². The summed E-state index contributed by atoms with van der Waals surface area (Å²) in [6.45, 7) is 0. The van der Waals surface area contributed by atoms with Crippen molar-refractivity contribution in [3.63, 3.8) is 0 Å². The fourth-order valence-corrected chi connectivity index (χ4v) is 14.8. The second-order valence-corrected chi connectivity index (χ2v) is 27.7. The van der Waals surface area contributed by atoms with E-state index in [1.54, 1.807) is 0 Å². The van der Waals surface area contributed by atoms with Crippen molar-refractivity contribution in [2.75, 3.05) is 0 Å². The maximum atomic E-state index is 5.29. The van der Waals surface area contributed by atoms with E-state index in [1.807, 2.05) is 121 Å². The van der Waals surface area contributed by atoms with Crippen LogP contribution >= 0.6 is 0 Å². The Morgan fingerprint density at radius 3 is 0.688 bits per heavy atom. The molecule has 0 aliphatic rings. The lowest BCUT2D eigenvalue weighted by atomic mass is 9.94. The molecule has 0 radical (unpaired) electrons. The zero-order valence-corrected chi connectivity index (χ0v) is 60.8. The first-order valence-electron chi connectivity index (χ1n) is 37.6. The van der Waals surface area contributed by atoms with Gasteiger partial charge in [0, 0.05) is 77.2 Å². The predicted molar refractivity (Wildman–Crippen MR) is 461 cm³/mol. The summed E-state index contributed by atoms with van der Waals surface area (Å²) in [5.74, 6) is 1.40. The van der Waals surface area contributed by atoms with Crippen LogP contribution in [-0.2, 0) is 0 Å². The van der Waals surface area contributed by atoms with Gasteiger partial charge in [-0.05, 0) is 93.0 Å². The molecule has 20 rings (SSSR count). The molecule has 0 unspecified atom stereocenters. The van der Waals surface area contributed by atoms with Gasteiger partial charge in [-0.2, -0.15) is 0 Å². The van der Waals surface area contributed by atoms with E-state index in [2.05, 4.69) is 291 Å². The fourth-order valence-electron chi connectivity index (χ4n) is 14.8. The highest BCUT2D eigenvalue weighted by Crippen LogP contribution is 2.41. The van der Waals surface area contributed by atoms with Crippen molar-refractivity contribution < 1.29 is 0 Å². The van der Waals surface area contributed by atoms with Crippen LogP contribution in [0.25, 0.3) is 201 Å². The van der Waals surface area contributed by atoms with Gasteiger partial charge in [0.2, 0.25) is 0 Å². The van der Waals surface area contributed by atoms with Crippen LogP contribution in [0, 0.1) is 0 Å². The van der Waals surface area contributed by atoms with Gasteiger partial charge in [-0.1, -0.05) is 364 Å². The van der Waals surface area contributed by atoms with Gasteiger partial charge in [-0.3, -0.25) is 0 Å². The number of pyridine rings is 4. The first kappa shape index (κ1) is 67.5. The molecule has 0 saturated carbocycles. The van der Waals surface area contributed by atoms with Gasteiger partial charge in [0.05, 0.1) is 67.6 Å². The average Bonchev–Trinajstić information content (AvgIpc) is 0.760. The van der Waals surface area contributed by atoms with Gasteiger partial charge < -0.3 is 0 Å². The SMILES string of the molecule is c1ccc(-c2cc(-c3ccc(-c4cccc(-c5cc(-c6ccccc6)nc6c5ccc5ccc(-c7ccccc7)nc56)c4)cc3)nc(-c3ccccc3)n2)cc1.c1ccc(-c2cc(-c3ccccc3)nc(-c3ccc(-c4cccc(-c5cc(-c6ccccc6)nc6c5ccc5ccc(-c7ccccc7)nc56)c4)cc3)n2)cc1. The number of aromatic nitrogens is 8. The van der Waals surface area contributed by atoms with E-state index in [0.29, 0.717) is 11.6 Å². The molecule has 0 amide bonds. The summed E-state index contributed by atoms with van der Waals surface area (Å²) in [5.41, 5.74) is 30.2. The van der Waals surface area contributed by atoms with Gasteiger partial charge >= 0.3 is 0 Å². The van der Waals surface area contributed by atoms with Crippen molar-refractivity contribution in [2.45, 2.75) is 0 Å². The van der Waals surface area contributed by atoms with Crippen molar-refractivity contribution in [2.24, 2.45) is 0 Å². The molecule has 0 bridgehead atoms. The minimum Gasteiger partial charge on any atom is -0.245 e. The zero-order valence-electron chi connectivity index (χ0n) is 60.8. The maximum Gasteiger partial charge on any atom is 0.160 e. The fraction of sp³-hybridized carbons (Fsp3) is 0. The quantitative estimate of drug-likeness (QED) is 0.0992. The van der Waals surface area contributed by atoms with E-state index < -0.39 is 0 Å². The van der Waals surface area contributed by atoms with Crippen molar-refractivity contribution in [3.05, 3.63) is 413 Å². The van der Waals surface area contributed by atoms with Crippen LogP contribution in [0.15, 0.2) is 413 Å². The molecule has 0 atom stereocenters. The molecule has 8 nitrogen and oxygen atoms in total. The Hall–Kier alpha value is -15.1. The third kappa shape index (κ3) is 13.9. The summed E-state index contributed by atoms with van der Waals surface area (Å²) in [4.78, 5) is 41.1. The van der Waals surface area contributed by atoms with Crippen molar-refractivity contribution >= 4 is 43.6 Å². The third-order valence-electron chi connectivity index (χ3n) is 20.6.